The summed E-state index contributed by atoms with van der Waals surface area (Å²) in [5.74, 6) is -1.12. The molecular formula is C10H10O4S2. The quantitative estimate of drug-likeness (QED) is 0.422. The van der Waals surface area contributed by atoms with E-state index in [4.69, 9.17) is 12.2 Å². The normalized spacial score (nSPS) is 29.6. The summed E-state index contributed by atoms with van der Waals surface area (Å²) in [7, 11) is 0. The summed E-state index contributed by atoms with van der Waals surface area (Å²) < 4.78 is 4.95. The zero-order valence-electron chi connectivity index (χ0n) is 8.43. The lowest BCUT2D eigenvalue weighted by atomic mass is 10.1. The van der Waals surface area contributed by atoms with Crippen molar-refractivity contribution < 1.29 is 19.1 Å². The highest BCUT2D eigenvalue weighted by molar-refractivity contribution is 8.24. The van der Waals surface area contributed by atoms with Crippen LogP contribution in [0.15, 0.2) is 0 Å². The van der Waals surface area contributed by atoms with E-state index in [1.165, 1.54) is 0 Å². The first kappa shape index (κ1) is 11.7. The van der Waals surface area contributed by atoms with Crippen molar-refractivity contribution in [2.24, 2.45) is 5.92 Å². The topological polar surface area (TPSA) is 60.4 Å². The van der Waals surface area contributed by atoms with Gasteiger partial charge in [0.05, 0.1) is 16.5 Å². The molecule has 0 amide bonds. The molecule has 1 aliphatic heterocycles. The second-order valence-corrected chi connectivity index (χ2v) is 5.78. The minimum Gasteiger partial charge on any atom is -0.392 e. The summed E-state index contributed by atoms with van der Waals surface area (Å²) in [6.07, 6.45) is 2.25. The predicted molar refractivity (Wildman–Crippen MR) is 62.0 cm³/mol. The molecule has 0 unspecified atom stereocenters. The number of carbonyl (C=O) groups excluding carboxylic acids is 3. The Morgan fingerprint density at radius 3 is 2.62 bits per heavy atom. The van der Waals surface area contributed by atoms with Crippen LogP contribution in [0, 0.1) is 5.92 Å². The molecule has 1 saturated heterocycles. The Kier molecular flexibility index (Phi) is 3.39. The van der Waals surface area contributed by atoms with Gasteiger partial charge in [-0.2, -0.15) is 0 Å². The second-order valence-electron chi connectivity index (χ2n) is 3.83. The first-order chi connectivity index (χ1) is 7.58. The smallest absolute Gasteiger partial charge is 0.327 e. The molecule has 16 heavy (non-hydrogen) atoms. The lowest BCUT2D eigenvalue weighted by Gasteiger charge is -2.10. The van der Waals surface area contributed by atoms with Gasteiger partial charge in [-0.15, -0.1) is 11.8 Å². The highest BCUT2D eigenvalue weighted by Gasteiger charge is 2.37. The SMILES string of the molecule is O=C1C[C@H](SC(=S)[C@H]2CCCC2=O)C(=O)O1. The largest absolute Gasteiger partial charge is 0.392 e. The van der Waals surface area contributed by atoms with E-state index in [0.717, 1.165) is 24.6 Å². The van der Waals surface area contributed by atoms with Crippen molar-refractivity contribution >= 4 is 45.9 Å². The van der Waals surface area contributed by atoms with Gasteiger partial charge < -0.3 is 4.74 Å². The molecule has 86 valence electrons. The summed E-state index contributed by atoms with van der Waals surface area (Å²) in [6.45, 7) is 0. The number of ketones is 1. The van der Waals surface area contributed by atoms with Gasteiger partial charge >= 0.3 is 11.9 Å². The summed E-state index contributed by atoms with van der Waals surface area (Å²) in [6, 6.07) is 0. The number of esters is 2. The lowest BCUT2D eigenvalue weighted by molar-refractivity contribution is -0.151. The summed E-state index contributed by atoms with van der Waals surface area (Å²) >= 11 is 6.28. The van der Waals surface area contributed by atoms with E-state index in [9.17, 15) is 14.4 Å². The van der Waals surface area contributed by atoms with E-state index in [-0.39, 0.29) is 18.1 Å². The molecule has 1 aliphatic carbocycles. The van der Waals surface area contributed by atoms with Crippen molar-refractivity contribution in [2.45, 2.75) is 30.9 Å². The van der Waals surface area contributed by atoms with Crippen molar-refractivity contribution in [1.82, 2.24) is 0 Å². The lowest BCUT2D eigenvalue weighted by Crippen LogP contribution is -2.19. The van der Waals surface area contributed by atoms with E-state index in [0.29, 0.717) is 10.6 Å². The number of carbonyl (C=O) groups is 3. The van der Waals surface area contributed by atoms with E-state index in [1.807, 2.05) is 0 Å². The molecule has 2 aliphatic rings. The molecule has 0 aromatic rings. The van der Waals surface area contributed by atoms with Gasteiger partial charge in [0.25, 0.3) is 0 Å². The molecule has 0 aromatic heterocycles. The third-order valence-corrected chi connectivity index (χ3v) is 4.41. The molecule has 6 heteroatoms. The molecular weight excluding hydrogens is 248 g/mol. The van der Waals surface area contributed by atoms with Crippen LogP contribution in [0.1, 0.15) is 25.7 Å². The van der Waals surface area contributed by atoms with Crippen LogP contribution in [0.3, 0.4) is 0 Å². The molecule has 0 N–H and O–H groups in total. The van der Waals surface area contributed by atoms with Crippen LogP contribution >= 0.6 is 24.0 Å². The van der Waals surface area contributed by atoms with Crippen molar-refractivity contribution in [3.63, 3.8) is 0 Å². The number of ether oxygens (including phenoxy) is 1. The fourth-order valence-electron chi connectivity index (χ4n) is 1.83. The Labute approximate surface area is 102 Å². The second kappa shape index (κ2) is 4.63. The number of rotatable bonds is 2. The fraction of sp³-hybridized carbons (Fsp3) is 0.600. The van der Waals surface area contributed by atoms with Gasteiger partial charge in [-0.05, 0) is 12.8 Å². The first-order valence-corrected chi connectivity index (χ1v) is 6.34. The summed E-state index contributed by atoms with van der Waals surface area (Å²) in [5, 5.41) is -0.548. The Balaban J connectivity index is 1.94. The van der Waals surface area contributed by atoms with Gasteiger partial charge in [-0.3, -0.25) is 14.4 Å². The molecule has 1 heterocycles. The number of hydrogen-bond donors (Lipinski definition) is 0. The van der Waals surface area contributed by atoms with E-state index >= 15 is 0 Å². The Morgan fingerprint density at radius 2 is 2.12 bits per heavy atom. The van der Waals surface area contributed by atoms with Crippen LogP contribution in [-0.2, 0) is 19.1 Å². The van der Waals surface area contributed by atoms with Crippen LogP contribution in [0.5, 0.6) is 0 Å². The van der Waals surface area contributed by atoms with Gasteiger partial charge in [0.2, 0.25) is 0 Å². The van der Waals surface area contributed by atoms with Crippen LogP contribution < -0.4 is 0 Å². The Bertz CT molecular complexity index is 377. The monoisotopic (exact) mass is 258 g/mol. The van der Waals surface area contributed by atoms with E-state index in [2.05, 4.69) is 4.74 Å². The maximum Gasteiger partial charge on any atom is 0.327 e. The zero-order chi connectivity index (χ0) is 11.7. The Morgan fingerprint density at radius 1 is 1.38 bits per heavy atom. The molecule has 0 bridgehead atoms. The minimum absolute atomic E-state index is 0.0601. The molecule has 1 saturated carbocycles. The Hall–Kier alpha value is -0.750. The number of hydrogen-bond acceptors (Lipinski definition) is 6. The van der Waals surface area contributed by atoms with E-state index in [1.54, 1.807) is 0 Å². The predicted octanol–water partition coefficient (Wildman–Crippen LogP) is 1.26. The van der Waals surface area contributed by atoms with Gasteiger partial charge in [-0.25, -0.2) is 0 Å². The van der Waals surface area contributed by atoms with Gasteiger partial charge in [0.15, 0.2) is 0 Å². The van der Waals surface area contributed by atoms with Gasteiger partial charge in [0.1, 0.15) is 11.0 Å². The highest BCUT2D eigenvalue weighted by Crippen LogP contribution is 2.32. The molecule has 4 nitrogen and oxygen atoms in total. The number of thioether (sulfide) groups is 1. The van der Waals surface area contributed by atoms with E-state index < -0.39 is 17.2 Å². The van der Waals surface area contributed by atoms with Crippen LogP contribution in [0.4, 0.5) is 0 Å². The van der Waals surface area contributed by atoms with Crippen LogP contribution in [0.2, 0.25) is 0 Å². The number of Topliss-reactive ketones (excluding diaryl/α,β-unsaturated/α-hetero) is 1. The highest BCUT2D eigenvalue weighted by atomic mass is 32.2. The third-order valence-electron chi connectivity index (χ3n) is 2.68. The van der Waals surface area contributed by atoms with Gasteiger partial charge in [-0.1, -0.05) is 12.2 Å². The maximum atomic E-state index is 11.5. The average molecular weight is 258 g/mol. The molecule has 0 aromatic carbocycles. The fourth-order valence-corrected chi connectivity index (χ4v) is 3.49. The van der Waals surface area contributed by atoms with Crippen molar-refractivity contribution in [3.05, 3.63) is 0 Å². The molecule has 2 rings (SSSR count). The molecule has 0 spiro atoms. The summed E-state index contributed by atoms with van der Waals surface area (Å²) in [4.78, 5) is 33.5. The average Bonchev–Trinajstić information content (AvgIpc) is 2.74. The van der Waals surface area contributed by atoms with Gasteiger partial charge in [0, 0.05) is 6.42 Å². The summed E-state index contributed by atoms with van der Waals surface area (Å²) in [5.41, 5.74) is 0. The van der Waals surface area contributed by atoms with Crippen molar-refractivity contribution in [3.8, 4) is 0 Å². The standard InChI is InChI=1S/C10H10O4S2/c11-6-3-1-2-5(6)10(15)16-7-4-8(12)14-9(7)13/h5,7H,1-4H2/t5-,7-/m0/s1. The molecule has 2 fully saturated rings. The maximum absolute atomic E-state index is 11.5. The van der Waals surface area contributed by atoms with Crippen molar-refractivity contribution in [2.75, 3.05) is 0 Å². The first-order valence-electron chi connectivity index (χ1n) is 5.05. The minimum atomic E-state index is -0.548. The third kappa shape index (κ3) is 2.32. The zero-order valence-corrected chi connectivity index (χ0v) is 10.1. The number of thiocarbonyl (C=S) groups is 1. The van der Waals surface area contributed by atoms with Crippen molar-refractivity contribution in [1.29, 1.82) is 0 Å². The van der Waals surface area contributed by atoms with Crippen LogP contribution in [0.25, 0.3) is 0 Å². The van der Waals surface area contributed by atoms with Crippen LogP contribution in [-0.4, -0.2) is 27.2 Å². The molecule has 0 radical (unpaired) electrons. The number of cyclic esters (lactones) is 2. The molecule has 2 atom stereocenters.